The van der Waals surface area contributed by atoms with Gasteiger partial charge < -0.3 is 4.74 Å². The number of benzene rings is 1. The van der Waals surface area contributed by atoms with E-state index < -0.39 is 11.7 Å². The van der Waals surface area contributed by atoms with E-state index in [0.717, 1.165) is 36.1 Å². The third kappa shape index (κ3) is 4.53. The highest BCUT2D eigenvalue weighted by molar-refractivity contribution is 5.63. The SMILES string of the molecule is COCCC/C=C(/C)c1ccc(C(F)(F)F)cc1. The fourth-order valence-corrected chi connectivity index (χ4v) is 1.59. The van der Waals surface area contributed by atoms with Crippen molar-refractivity contribution in [3.63, 3.8) is 0 Å². The topological polar surface area (TPSA) is 9.23 Å². The van der Waals surface area contributed by atoms with Gasteiger partial charge in [-0.25, -0.2) is 0 Å². The molecule has 0 bridgehead atoms. The highest BCUT2D eigenvalue weighted by atomic mass is 19.4. The number of hydrogen-bond acceptors (Lipinski definition) is 1. The standard InChI is InChI=1S/C14H17F3O/c1-11(5-3-4-10-18-2)12-6-8-13(9-7-12)14(15,16)17/h5-9H,3-4,10H2,1-2H3/b11-5-. The average Bonchev–Trinajstić information content (AvgIpc) is 2.33. The van der Waals surface area contributed by atoms with Gasteiger partial charge in [0.1, 0.15) is 0 Å². The molecular formula is C14H17F3O. The van der Waals surface area contributed by atoms with Gasteiger partial charge in [-0.1, -0.05) is 18.2 Å². The van der Waals surface area contributed by atoms with Crippen LogP contribution in [0.15, 0.2) is 30.3 Å². The second-order valence-corrected chi connectivity index (χ2v) is 4.10. The lowest BCUT2D eigenvalue weighted by Crippen LogP contribution is -2.04. The smallest absolute Gasteiger partial charge is 0.385 e. The average molecular weight is 258 g/mol. The maximum absolute atomic E-state index is 12.4. The first kappa shape index (κ1) is 14.8. The van der Waals surface area contributed by atoms with Crippen molar-refractivity contribution in [2.45, 2.75) is 25.9 Å². The van der Waals surface area contributed by atoms with Crippen LogP contribution in [0.5, 0.6) is 0 Å². The Morgan fingerprint density at radius 2 is 1.83 bits per heavy atom. The van der Waals surface area contributed by atoms with E-state index in [1.165, 1.54) is 12.1 Å². The maximum Gasteiger partial charge on any atom is 0.416 e. The molecule has 0 saturated heterocycles. The predicted octanol–water partition coefficient (Wildman–Crippen LogP) is 4.54. The van der Waals surface area contributed by atoms with Crippen molar-refractivity contribution in [1.82, 2.24) is 0 Å². The Morgan fingerprint density at radius 3 is 2.33 bits per heavy atom. The van der Waals surface area contributed by atoms with Crippen LogP contribution in [0, 0.1) is 0 Å². The summed E-state index contributed by atoms with van der Waals surface area (Å²) >= 11 is 0. The van der Waals surface area contributed by atoms with Gasteiger partial charge in [0.15, 0.2) is 0 Å². The monoisotopic (exact) mass is 258 g/mol. The van der Waals surface area contributed by atoms with Crippen LogP contribution in [0.1, 0.15) is 30.9 Å². The number of ether oxygens (including phenoxy) is 1. The molecule has 0 radical (unpaired) electrons. The summed E-state index contributed by atoms with van der Waals surface area (Å²) in [4.78, 5) is 0. The van der Waals surface area contributed by atoms with Crippen LogP contribution in [0.2, 0.25) is 0 Å². The molecule has 0 saturated carbocycles. The van der Waals surface area contributed by atoms with Crippen molar-refractivity contribution >= 4 is 5.57 Å². The van der Waals surface area contributed by atoms with Gasteiger partial charge in [-0.2, -0.15) is 13.2 Å². The number of allylic oxidation sites excluding steroid dienone is 2. The zero-order valence-electron chi connectivity index (χ0n) is 10.6. The molecule has 100 valence electrons. The Bertz CT molecular complexity index is 390. The molecule has 0 aromatic heterocycles. The largest absolute Gasteiger partial charge is 0.416 e. The van der Waals surface area contributed by atoms with Crippen molar-refractivity contribution in [3.8, 4) is 0 Å². The molecule has 0 atom stereocenters. The zero-order valence-corrected chi connectivity index (χ0v) is 10.6. The second kappa shape index (κ2) is 6.59. The summed E-state index contributed by atoms with van der Waals surface area (Å²) in [7, 11) is 1.65. The summed E-state index contributed by atoms with van der Waals surface area (Å²) in [6, 6.07) is 5.24. The Morgan fingerprint density at radius 1 is 1.22 bits per heavy atom. The van der Waals surface area contributed by atoms with E-state index >= 15 is 0 Å². The van der Waals surface area contributed by atoms with E-state index in [2.05, 4.69) is 0 Å². The number of hydrogen-bond donors (Lipinski definition) is 0. The summed E-state index contributed by atoms with van der Waals surface area (Å²) in [5.41, 5.74) is 1.19. The molecule has 4 heteroatoms. The van der Waals surface area contributed by atoms with Gasteiger partial charge in [0.2, 0.25) is 0 Å². The molecule has 0 unspecified atom stereocenters. The van der Waals surface area contributed by atoms with E-state index in [4.69, 9.17) is 4.74 Å². The van der Waals surface area contributed by atoms with E-state index in [-0.39, 0.29) is 0 Å². The lowest BCUT2D eigenvalue weighted by molar-refractivity contribution is -0.137. The van der Waals surface area contributed by atoms with Crippen molar-refractivity contribution in [3.05, 3.63) is 41.5 Å². The van der Waals surface area contributed by atoms with E-state index in [9.17, 15) is 13.2 Å². The molecule has 0 fully saturated rings. The Labute approximate surface area is 105 Å². The lowest BCUT2D eigenvalue weighted by Gasteiger charge is -2.08. The molecule has 0 aliphatic heterocycles. The summed E-state index contributed by atoms with van der Waals surface area (Å²) < 4.78 is 42.1. The number of rotatable bonds is 5. The molecule has 0 N–H and O–H groups in total. The number of alkyl halides is 3. The van der Waals surface area contributed by atoms with Gasteiger partial charge in [-0.15, -0.1) is 0 Å². The van der Waals surface area contributed by atoms with Gasteiger partial charge in [-0.05, 0) is 43.0 Å². The molecule has 0 heterocycles. The third-order valence-corrected chi connectivity index (χ3v) is 2.67. The normalized spacial score (nSPS) is 12.8. The van der Waals surface area contributed by atoms with Crippen molar-refractivity contribution < 1.29 is 17.9 Å². The lowest BCUT2D eigenvalue weighted by atomic mass is 10.0. The number of halogens is 3. The van der Waals surface area contributed by atoms with Gasteiger partial charge >= 0.3 is 6.18 Å². The minimum atomic E-state index is -4.27. The quantitative estimate of drug-likeness (QED) is 0.705. The molecule has 0 aliphatic carbocycles. The highest BCUT2D eigenvalue weighted by Crippen LogP contribution is 2.30. The van der Waals surface area contributed by atoms with E-state index in [1.54, 1.807) is 7.11 Å². The summed E-state index contributed by atoms with van der Waals surface area (Å²) in [6.07, 6.45) is -0.481. The van der Waals surface area contributed by atoms with E-state index in [0.29, 0.717) is 6.61 Å². The first-order valence-corrected chi connectivity index (χ1v) is 5.78. The minimum Gasteiger partial charge on any atom is -0.385 e. The van der Waals surface area contributed by atoms with Crippen LogP contribution in [0.25, 0.3) is 5.57 Å². The molecular weight excluding hydrogens is 241 g/mol. The number of unbranched alkanes of at least 4 members (excludes halogenated alkanes) is 1. The van der Waals surface area contributed by atoms with E-state index in [1.807, 2.05) is 13.0 Å². The second-order valence-electron chi connectivity index (χ2n) is 4.10. The summed E-state index contributed by atoms with van der Waals surface area (Å²) in [5.74, 6) is 0. The highest BCUT2D eigenvalue weighted by Gasteiger charge is 2.29. The van der Waals surface area contributed by atoms with Gasteiger partial charge in [0, 0.05) is 13.7 Å². The van der Waals surface area contributed by atoms with Crippen molar-refractivity contribution in [2.75, 3.05) is 13.7 Å². The molecule has 1 aromatic carbocycles. The Hall–Kier alpha value is -1.29. The Kier molecular flexibility index (Phi) is 5.41. The van der Waals surface area contributed by atoms with Gasteiger partial charge in [0.25, 0.3) is 0 Å². The van der Waals surface area contributed by atoms with Gasteiger partial charge in [-0.3, -0.25) is 0 Å². The van der Waals surface area contributed by atoms with Crippen LogP contribution in [0.4, 0.5) is 13.2 Å². The number of methoxy groups -OCH3 is 1. The molecule has 0 amide bonds. The van der Waals surface area contributed by atoms with Crippen LogP contribution < -0.4 is 0 Å². The molecule has 1 nitrogen and oxygen atoms in total. The molecule has 1 aromatic rings. The van der Waals surface area contributed by atoms with Gasteiger partial charge in [0.05, 0.1) is 5.56 Å². The summed E-state index contributed by atoms with van der Waals surface area (Å²) in [6.45, 7) is 2.59. The molecule has 18 heavy (non-hydrogen) atoms. The Balaban J connectivity index is 2.67. The maximum atomic E-state index is 12.4. The van der Waals surface area contributed by atoms with Crippen LogP contribution in [-0.2, 0) is 10.9 Å². The third-order valence-electron chi connectivity index (χ3n) is 2.67. The molecule has 0 aliphatic rings. The molecule has 1 rings (SSSR count). The fraction of sp³-hybridized carbons (Fsp3) is 0.429. The first-order valence-electron chi connectivity index (χ1n) is 5.78. The summed E-state index contributed by atoms with van der Waals surface area (Å²) in [5, 5.41) is 0. The van der Waals surface area contributed by atoms with Crippen molar-refractivity contribution in [1.29, 1.82) is 0 Å². The van der Waals surface area contributed by atoms with Crippen LogP contribution in [-0.4, -0.2) is 13.7 Å². The first-order chi connectivity index (χ1) is 8.45. The zero-order chi connectivity index (χ0) is 13.6. The fourth-order valence-electron chi connectivity index (χ4n) is 1.59. The van der Waals surface area contributed by atoms with Crippen molar-refractivity contribution in [2.24, 2.45) is 0 Å². The molecule has 0 spiro atoms. The van der Waals surface area contributed by atoms with Crippen LogP contribution >= 0.6 is 0 Å². The predicted molar refractivity (Wildman–Crippen MR) is 66.2 cm³/mol. The minimum absolute atomic E-state index is 0.613. The van der Waals surface area contributed by atoms with Crippen LogP contribution in [0.3, 0.4) is 0 Å².